The summed E-state index contributed by atoms with van der Waals surface area (Å²) in [7, 11) is 0. The number of nitrogens with zero attached hydrogens (tertiary/aromatic N) is 1. The molecule has 2 N–H and O–H groups in total. The molecule has 3 atom stereocenters. The third-order valence-electron chi connectivity index (χ3n) is 7.95. The van der Waals surface area contributed by atoms with Gasteiger partial charge in [0, 0.05) is 47.7 Å². The lowest BCUT2D eigenvalue weighted by atomic mass is 9.73. The number of aromatic amines is 1. The van der Waals surface area contributed by atoms with Gasteiger partial charge in [-0.1, -0.05) is 39.8 Å². The van der Waals surface area contributed by atoms with Gasteiger partial charge in [-0.05, 0) is 68.2 Å². The van der Waals surface area contributed by atoms with Crippen molar-refractivity contribution in [3.05, 3.63) is 35.0 Å². The molecular weight excluding hydrogens is 342 g/mol. The molecule has 0 bridgehead atoms. The zero-order valence-corrected chi connectivity index (χ0v) is 18.6. The molecule has 1 aromatic heterocycles. The minimum Gasteiger partial charge on any atom is -0.358 e. The summed E-state index contributed by atoms with van der Waals surface area (Å²) >= 11 is 0. The van der Waals surface area contributed by atoms with E-state index >= 15 is 0 Å². The van der Waals surface area contributed by atoms with E-state index in [0.717, 1.165) is 6.54 Å². The van der Waals surface area contributed by atoms with Crippen LogP contribution in [0.1, 0.15) is 76.1 Å². The maximum absolute atomic E-state index is 4.00. The van der Waals surface area contributed by atoms with Crippen LogP contribution in [0.15, 0.2) is 18.2 Å². The van der Waals surface area contributed by atoms with Crippen molar-refractivity contribution >= 4 is 10.9 Å². The number of fused-ring (bicyclic) bond motifs is 2. The Morgan fingerprint density at radius 3 is 2.71 bits per heavy atom. The molecule has 4 rings (SSSR count). The van der Waals surface area contributed by atoms with Crippen molar-refractivity contribution in [3.8, 4) is 0 Å². The van der Waals surface area contributed by atoms with Crippen LogP contribution in [0.25, 0.3) is 10.9 Å². The Bertz CT molecular complexity index is 817. The average Bonchev–Trinajstić information content (AvgIpc) is 3.03. The molecule has 0 unspecified atom stereocenters. The van der Waals surface area contributed by atoms with E-state index in [-0.39, 0.29) is 0 Å². The molecule has 0 saturated carbocycles. The first-order valence-electron chi connectivity index (χ1n) is 11.6. The van der Waals surface area contributed by atoms with Crippen LogP contribution in [0.4, 0.5) is 0 Å². The van der Waals surface area contributed by atoms with Crippen LogP contribution in [0, 0.1) is 12.3 Å². The number of aryl methyl sites for hydroxylation is 1. The Morgan fingerprint density at radius 2 is 2.00 bits per heavy atom. The Labute approximate surface area is 171 Å². The van der Waals surface area contributed by atoms with Gasteiger partial charge in [-0.15, -0.1) is 0 Å². The van der Waals surface area contributed by atoms with Gasteiger partial charge in [0.1, 0.15) is 0 Å². The van der Waals surface area contributed by atoms with Crippen molar-refractivity contribution in [2.45, 2.75) is 84.7 Å². The van der Waals surface area contributed by atoms with E-state index in [1.54, 1.807) is 11.1 Å². The normalized spacial score (nSPS) is 25.2. The summed E-state index contributed by atoms with van der Waals surface area (Å²) in [6.07, 6.45) is 6.22. The number of hydrogen-bond donors (Lipinski definition) is 2. The Hall–Kier alpha value is -1.32. The highest BCUT2D eigenvalue weighted by molar-refractivity contribution is 5.89. The number of nitrogens with one attached hydrogen (secondary N) is 2. The second-order valence-corrected chi connectivity index (χ2v) is 9.70. The van der Waals surface area contributed by atoms with Gasteiger partial charge in [-0.2, -0.15) is 0 Å². The van der Waals surface area contributed by atoms with Gasteiger partial charge in [0.2, 0.25) is 0 Å². The third-order valence-corrected chi connectivity index (χ3v) is 7.95. The minimum absolute atomic E-state index is 0.421. The van der Waals surface area contributed by atoms with Gasteiger partial charge in [0.15, 0.2) is 0 Å². The first-order chi connectivity index (χ1) is 13.5. The molecule has 3 heteroatoms. The molecule has 1 aliphatic carbocycles. The van der Waals surface area contributed by atoms with E-state index in [9.17, 15) is 0 Å². The molecule has 154 valence electrons. The average molecular weight is 382 g/mol. The second-order valence-electron chi connectivity index (χ2n) is 9.70. The van der Waals surface area contributed by atoms with Crippen LogP contribution in [0.3, 0.4) is 0 Å². The van der Waals surface area contributed by atoms with E-state index in [1.807, 2.05) is 0 Å². The lowest BCUT2D eigenvalue weighted by Gasteiger charge is -2.48. The summed E-state index contributed by atoms with van der Waals surface area (Å²) in [5.41, 5.74) is 6.30. The van der Waals surface area contributed by atoms with Crippen LogP contribution in [-0.4, -0.2) is 41.6 Å². The first kappa shape index (κ1) is 20.0. The molecule has 0 spiro atoms. The number of H-pyrrole nitrogens is 1. The van der Waals surface area contributed by atoms with E-state index in [4.69, 9.17) is 0 Å². The predicted octanol–water partition coefficient (Wildman–Crippen LogP) is 5.38. The van der Waals surface area contributed by atoms with E-state index in [0.29, 0.717) is 23.4 Å². The van der Waals surface area contributed by atoms with Crippen molar-refractivity contribution in [1.82, 2.24) is 15.2 Å². The second kappa shape index (κ2) is 7.84. The predicted molar refractivity (Wildman–Crippen MR) is 120 cm³/mol. The summed E-state index contributed by atoms with van der Waals surface area (Å²) in [5.74, 6) is 0.652. The lowest BCUT2D eigenvalue weighted by Crippen LogP contribution is -2.56. The van der Waals surface area contributed by atoms with Gasteiger partial charge in [-0.3, -0.25) is 4.90 Å². The Balaban J connectivity index is 1.63. The monoisotopic (exact) mass is 381 g/mol. The Morgan fingerprint density at radius 1 is 1.21 bits per heavy atom. The summed E-state index contributed by atoms with van der Waals surface area (Å²) in [6.45, 7) is 15.2. The molecule has 2 heterocycles. The third kappa shape index (κ3) is 3.41. The number of piperidine rings is 1. The number of likely N-dealkylation sites (tertiary alicyclic amines) is 1. The van der Waals surface area contributed by atoms with E-state index in [2.05, 4.69) is 68.0 Å². The van der Waals surface area contributed by atoms with Gasteiger partial charge in [0.25, 0.3) is 0 Å². The number of rotatable bonds is 7. The van der Waals surface area contributed by atoms with Crippen LogP contribution >= 0.6 is 0 Å². The fourth-order valence-corrected chi connectivity index (χ4v) is 5.65. The maximum Gasteiger partial charge on any atom is 0.0461 e. The van der Waals surface area contributed by atoms with Gasteiger partial charge in [-0.25, -0.2) is 0 Å². The van der Waals surface area contributed by atoms with Gasteiger partial charge < -0.3 is 10.3 Å². The zero-order valence-electron chi connectivity index (χ0n) is 18.6. The maximum atomic E-state index is 4.00. The van der Waals surface area contributed by atoms with Crippen LogP contribution < -0.4 is 5.32 Å². The number of benzene rings is 1. The Kier molecular flexibility index (Phi) is 5.59. The number of aromatic nitrogens is 1. The zero-order chi connectivity index (χ0) is 19.9. The SMILES string of the molecule is CCCN1C[C@@H](NCC(C)(CC)CC)C[C@@H]2c3cccc4[nH]c(C)c(c34)C[C@H]21. The first-order valence-corrected chi connectivity index (χ1v) is 11.6. The topological polar surface area (TPSA) is 31.1 Å². The van der Waals surface area contributed by atoms with Crippen molar-refractivity contribution in [1.29, 1.82) is 0 Å². The highest BCUT2D eigenvalue weighted by Crippen LogP contribution is 2.44. The molecule has 2 aliphatic rings. The van der Waals surface area contributed by atoms with Crippen molar-refractivity contribution < 1.29 is 0 Å². The van der Waals surface area contributed by atoms with Crippen molar-refractivity contribution in [2.75, 3.05) is 19.6 Å². The van der Waals surface area contributed by atoms with Crippen molar-refractivity contribution in [2.24, 2.45) is 5.41 Å². The molecule has 0 amide bonds. The smallest absolute Gasteiger partial charge is 0.0461 e. The fraction of sp³-hybridized carbons (Fsp3) is 0.680. The molecule has 1 fully saturated rings. The standard InChI is InChI=1S/C25H39N3/c1-6-12-28-15-18(26-16-25(5,7-2)8-3)13-21-19-10-9-11-22-24(19)20(14-23(21)28)17(4)27-22/h9-11,18,21,23,26-27H,6-8,12-16H2,1-5H3/t18-,21+,23+/m0/s1. The lowest BCUT2D eigenvalue weighted by molar-refractivity contribution is 0.0929. The summed E-state index contributed by atoms with van der Waals surface area (Å²) < 4.78 is 0. The van der Waals surface area contributed by atoms with Crippen LogP contribution in [-0.2, 0) is 6.42 Å². The summed E-state index contributed by atoms with van der Waals surface area (Å²) in [6, 6.07) is 8.18. The molecule has 1 aromatic carbocycles. The largest absolute Gasteiger partial charge is 0.358 e. The van der Waals surface area contributed by atoms with Crippen LogP contribution in [0.5, 0.6) is 0 Å². The number of hydrogen-bond acceptors (Lipinski definition) is 2. The molecule has 1 saturated heterocycles. The molecule has 3 nitrogen and oxygen atoms in total. The van der Waals surface area contributed by atoms with Crippen LogP contribution in [0.2, 0.25) is 0 Å². The molecule has 28 heavy (non-hydrogen) atoms. The highest BCUT2D eigenvalue weighted by atomic mass is 15.2. The molecule has 2 aromatic rings. The van der Waals surface area contributed by atoms with E-state index in [1.165, 1.54) is 61.8 Å². The van der Waals surface area contributed by atoms with Gasteiger partial charge >= 0.3 is 0 Å². The molecule has 0 radical (unpaired) electrons. The molecular formula is C25H39N3. The summed E-state index contributed by atoms with van der Waals surface area (Å²) in [4.78, 5) is 6.45. The van der Waals surface area contributed by atoms with Crippen molar-refractivity contribution in [3.63, 3.8) is 0 Å². The quantitative estimate of drug-likeness (QED) is 0.674. The van der Waals surface area contributed by atoms with E-state index < -0.39 is 0 Å². The van der Waals surface area contributed by atoms with Gasteiger partial charge in [0.05, 0.1) is 0 Å². The fourth-order valence-electron chi connectivity index (χ4n) is 5.65. The highest BCUT2D eigenvalue weighted by Gasteiger charge is 2.41. The molecule has 1 aliphatic heterocycles. The minimum atomic E-state index is 0.421. The summed E-state index contributed by atoms with van der Waals surface area (Å²) in [5, 5.41) is 5.53.